The van der Waals surface area contributed by atoms with Gasteiger partial charge in [0.2, 0.25) is 0 Å². The van der Waals surface area contributed by atoms with Crippen LogP contribution in [0.15, 0.2) is 30.3 Å². The third-order valence-electron chi connectivity index (χ3n) is 2.87. The highest BCUT2D eigenvalue weighted by Crippen LogP contribution is 2.32. The van der Waals surface area contributed by atoms with E-state index in [-0.39, 0.29) is 22.6 Å². The number of aromatic carboxylic acids is 1. The minimum absolute atomic E-state index is 0.0554. The minimum Gasteiger partial charge on any atom is -0.478 e. The number of carboxylic acid groups (broad SMARTS) is 1. The fourth-order valence-electron chi connectivity index (χ4n) is 1.83. The number of carboxylic acids is 1. The summed E-state index contributed by atoms with van der Waals surface area (Å²) in [5.74, 6) is -2.03. The van der Waals surface area contributed by atoms with E-state index in [4.69, 9.17) is 5.11 Å². The maximum atomic E-state index is 12.3. The lowest BCUT2D eigenvalue weighted by molar-refractivity contribution is -0.0500. The Hall–Kier alpha value is -2.62. The second-order valence-electron chi connectivity index (χ2n) is 4.32. The van der Waals surface area contributed by atoms with Crippen molar-refractivity contribution < 1.29 is 40.5 Å². The van der Waals surface area contributed by atoms with E-state index in [1.165, 1.54) is 12.1 Å². The third kappa shape index (κ3) is 3.11. The molecule has 2 aromatic carbocycles. The summed E-state index contributed by atoms with van der Waals surface area (Å²) in [5, 5.41) is 9.15. The molecular weight excluding hydrogens is 341 g/mol. The first-order valence-electron chi connectivity index (χ1n) is 5.83. The molecule has 0 unspecified atom stereocenters. The summed E-state index contributed by atoms with van der Waals surface area (Å²) in [6.07, 6.45) is 0.129. The zero-order valence-electron chi connectivity index (χ0n) is 11.0. The largest absolute Gasteiger partial charge is 0.534 e. The second-order valence-corrected chi connectivity index (χ2v) is 5.86. The van der Waals surface area contributed by atoms with Gasteiger partial charge in [0.25, 0.3) is 0 Å². The van der Waals surface area contributed by atoms with E-state index < -0.39 is 32.9 Å². The van der Waals surface area contributed by atoms with Gasteiger partial charge in [-0.25, -0.2) is 4.79 Å². The van der Waals surface area contributed by atoms with Crippen molar-refractivity contribution in [2.45, 2.75) is 5.51 Å². The molecule has 0 aromatic heterocycles. The van der Waals surface area contributed by atoms with Crippen molar-refractivity contribution >= 4 is 33.1 Å². The number of hydrogen-bond acceptors (Lipinski definition) is 5. The van der Waals surface area contributed by atoms with Crippen molar-refractivity contribution in [1.82, 2.24) is 0 Å². The fourth-order valence-corrected chi connectivity index (χ4v) is 2.30. The molecule has 0 amide bonds. The van der Waals surface area contributed by atoms with Gasteiger partial charge >= 0.3 is 21.6 Å². The van der Waals surface area contributed by atoms with Gasteiger partial charge in [-0.3, -0.25) is 4.79 Å². The van der Waals surface area contributed by atoms with E-state index >= 15 is 0 Å². The van der Waals surface area contributed by atoms with Crippen LogP contribution in [0.25, 0.3) is 10.8 Å². The molecule has 2 aromatic rings. The third-order valence-corrected chi connectivity index (χ3v) is 3.84. The van der Waals surface area contributed by atoms with Crippen molar-refractivity contribution in [3.8, 4) is 5.75 Å². The second kappa shape index (κ2) is 5.54. The van der Waals surface area contributed by atoms with Gasteiger partial charge in [0.15, 0.2) is 12.0 Å². The smallest absolute Gasteiger partial charge is 0.478 e. The van der Waals surface area contributed by atoms with Crippen LogP contribution in [-0.4, -0.2) is 31.3 Å². The van der Waals surface area contributed by atoms with Crippen molar-refractivity contribution in [3.05, 3.63) is 41.5 Å². The fraction of sp³-hybridized carbons (Fsp3) is 0.0769. The van der Waals surface area contributed by atoms with Crippen LogP contribution in [0.4, 0.5) is 13.2 Å². The summed E-state index contributed by atoms with van der Waals surface area (Å²) in [7, 11) is -5.93. The number of benzene rings is 2. The molecule has 0 atom stereocenters. The Morgan fingerprint density at radius 2 is 1.83 bits per heavy atom. The van der Waals surface area contributed by atoms with Gasteiger partial charge in [-0.15, -0.1) is 0 Å². The van der Waals surface area contributed by atoms with Crippen molar-refractivity contribution in [3.63, 3.8) is 0 Å². The normalized spacial score (nSPS) is 12.1. The standard InChI is InChI=1S/C13H7F3O6S/c14-13(15,16)23(20,21)22-11-4-2-7-5-8(12(18)19)1-3-9(7)10(11)6-17/h1-6H,(H,18,19). The van der Waals surface area contributed by atoms with E-state index in [0.717, 1.165) is 18.2 Å². The van der Waals surface area contributed by atoms with E-state index in [1.54, 1.807) is 0 Å². The molecule has 6 nitrogen and oxygen atoms in total. The average Bonchev–Trinajstić information content (AvgIpc) is 2.44. The summed E-state index contributed by atoms with van der Waals surface area (Å²) in [5.41, 5.74) is -6.19. The molecule has 0 aliphatic rings. The summed E-state index contributed by atoms with van der Waals surface area (Å²) in [6.45, 7) is 0. The van der Waals surface area contributed by atoms with Crippen LogP contribution in [0.3, 0.4) is 0 Å². The Morgan fingerprint density at radius 1 is 1.17 bits per heavy atom. The van der Waals surface area contributed by atoms with Crippen LogP contribution in [0.5, 0.6) is 5.75 Å². The van der Waals surface area contributed by atoms with Gasteiger partial charge in [-0.2, -0.15) is 21.6 Å². The Bertz CT molecular complexity index is 902. The molecule has 0 aliphatic carbocycles. The maximum Gasteiger partial charge on any atom is 0.534 e. The van der Waals surface area contributed by atoms with Crippen LogP contribution in [0, 0.1) is 0 Å². The molecule has 0 saturated carbocycles. The number of fused-ring (bicyclic) bond motifs is 1. The van der Waals surface area contributed by atoms with Gasteiger partial charge < -0.3 is 9.29 Å². The molecule has 122 valence electrons. The van der Waals surface area contributed by atoms with Crippen LogP contribution >= 0.6 is 0 Å². The molecule has 0 aliphatic heterocycles. The van der Waals surface area contributed by atoms with Crippen LogP contribution < -0.4 is 4.18 Å². The Morgan fingerprint density at radius 3 is 2.35 bits per heavy atom. The molecule has 0 bridgehead atoms. The Kier molecular flexibility index (Phi) is 4.03. The van der Waals surface area contributed by atoms with Gasteiger partial charge in [0.1, 0.15) is 0 Å². The van der Waals surface area contributed by atoms with E-state index in [1.807, 2.05) is 0 Å². The lowest BCUT2D eigenvalue weighted by atomic mass is 10.0. The Balaban J connectivity index is 2.62. The summed E-state index contributed by atoms with van der Waals surface area (Å²) in [4.78, 5) is 22.0. The lowest BCUT2D eigenvalue weighted by Crippen LogP contribution is -2.28. The van der Waals surface area contributed by atoms with E-state index in [2.05, 4.69) is 4.18 Å². The number of aldehydes is 1. The minimum atomic E-state index is -5.93. The molecule has 23 heavy (non-hydrogen) atoms. The zero-order valence-corrected chi connectivity index (χ0v) is 11.8. The zero-order chi connectivity index (χ0) is 17.4. The average molecular weight is 348 g/mol. The van der Waals surface area contributed by atoms with Crippen LogP contribution in [0.1, 0.15) is 20.7 Å². The molecule has 0 radical (unpaired) electrons. The number of rotatable bonds is 4. The van der Waals surface area contributed by atoms with Crippen molar-refractivity contribution in [1.29, 1.82) is 0 Å². The highest BCUT2D eigenvalue weighted by atomic mass is 32.2. The molecule has 0 spiro atoms. The SMILES string of the molecule is O=Cc1c(OS(=O)(=O)C(F)(F)F)ccc2cc(C(=O)O)ccc12. The monoisotopic (exact) mass is 348 g/mol. The van der Waals surface area contributed by atoms with Gasteiger partial charge in [-0.05, 0) is 29.0 Å². The first kappa shape index (κ1) is 16.7. The molecule has 2 rings (SSSR count). The number of hydrogen-bond donors (Lipinski definition) is 1. The number of carbonyl (C=O) groups is 2. The summed E-state index contributed by atoms with van der Waals surface area (Å²) in [6, 6.07) is 5.49. The van der Waals surface area contributed by atoms with Gasteiger partial charge in [0, 0.05) is 0 Å². The van der Waals surface area contributed by atoms with Crippen molar-refractivity contribution in [2.24, 2.45) is 0 Å². The highest BCUT2D eigenvalue weighted by Gasteiger charge is 2.48. The quantitative estimate of drug-likeness (QED) is 0.518. The predicted octanol–water partition coefficient (Wildman–Crippen LogP) is 2.58. The highest BCUT2D eigenvalue weighted by molar-refractivity contribution is 7.88. The summed E-state index contributed by atoms with van der Waals surface area (Å²) >= 11 is 0. The molecule has 1 N–H and O–H groups in total. The topological polar surface area (TPSA) is 97.7 Å². The predicted molar refractivity (Wildman–Crippen MR) is 71.9 cm³/mol. The van der Waals surface area contributed by atoms with Gasteiger partial charge in [-0.1, -0.05) is 12.1 Å². The molecule has 0 saturated heterocycles. The maximum absolute atomic E-state index is 12.3. The lowest BCUT2D eigenvalue weighted by Gasteiger charge is -2.12. The van der Waals surface area contributed by atoms with Crippen LogP contribution in [0.2, 0.25) is 0 Å². The number of alkyl halides is 3. The van der Waals surface area contributed by atoms with E-state index in [9.17, 15) is 31.2 Å². The van der Waals surface area contributed by atoms with E-state index in [0.29, 0.717) is 0 Å². The first-order chi connectivity index (χ1) is 10.6. The van der Waals surface area contributed by atoms with Crippen molar-refractivity contribution in [2.75, 3.05) is 0 Å². The molecule has 0 heterocycles. The molecular formula is C13H7F3O6S. The number of halogens is 3. The Labute approximate surface area is 127 Å². The first-order valence-corrected chi connectivity index (χ1v) is 7.23. The summed E-state index contributed by atoms with van der Waals surface area (Å²) < 4.78 is 63.1. The van der Waals surface area contributed by atoms with Crippen LogP contribution in [-0.2, 0) is 10.1 Å². The molecule has 10 heteroatoms. The number of carbonyl (C=O) groups excluding carboxylic acids is 1. The van der Waals surface area contributed by atoms with Gasteiger partial charge in [0.05, 0.1) is 11.1 Å². The molecule has 0 fully saturated rings.